The van der Waals surface area contributed by atoms with Gasteiger partial charge in [-0.2, -0.15) is 0 Å². The van der Waals surface area contributed by atoms with Crippen molar-refractivity contribution in [3.8, 4) is 0 Å². The molecule has 0 radical (unpaired) electrons. The highest BCUT2D eigenvalue weighted by Gasteiger charge is 2.30. The summed E-state index contributed by atoms with van der Waals surface area (Å²) in [7, 11) is 4.20. The second-order valence-electron chi connectivity index (χ2n) is 4.66. The molecule has 1 aromatic rings. The van der Waals surface area contributed by atoms with Gasteiger partial charge in [-0.15, -0.1) is 0 Å². The lowest BCUT2D eigenvalue weighted by atomic mass is 10.0. The molecule has 0 bridgehead atoms. The monoisotopic (exact) mass is 298 g/mol. The van der Waals surface area contributed by atoms with Gasteiger partial charge in [0.15, 0.2) is 5.16 Å². The van der Waals surface area contributed by atoms with Crippen LogP contribution in [0.1, 0.15) is 26.7 Å². The molecule has 5 nitrogen and oxygen atoms in total. The molecule has 6 heteroatoms. The first kappa shape index (κ1) is 17.4. The molecule has 114 valence electrons. The maximum absolute atomic E-state index is 5.95. The van der Waals surface area contributed by atoms with Crippen molar-refractivity contribution in [1.82, 2.24) is 14.9 Å². The molecule has 2 rings (SSSR count). The van der Waals surface area contributed by atoms with Gasteiger partial charge in [0.05, 0.1) is 6.10 Å². The first-order chi connectivity index (χ1) is 9.69. The number of nitrogens with zero attached hydrogens (tertiary/aromatic N) is 3. The van der Waals surface area contributed by atoms with Gasteiger partial charge in [0.1, 0.15) is 5.44 Å². The van der Waals surface area contributed by atoms with Crippen LogP contribution in [0.3, 0.4) is 0 Å². The highest BCUT2D eigenvalue weighted by molar-refractivity contribution is 7.99. The van der Waals surface area contributed by atoms with Gasteiger partial charge >= 0.3 is 0 Å². The third kappa shape index (κ3) is 5.36. The molecule has 20 heavy (non-hydrogen) atoms. The SMILES string of the molecule is CC.CN(C)C1CC(CN)OC(Sc2ncccn2)C1. The summed E-state index contributed by atoms with van der Waals surface area (Å²) in [6.07, 6.45) is 5.61. The molecule has 2 heterocycles. The quantitative estimate of drug-likeness (QED) is 0.858. The maximum atomic E-state index is 5.95. The molecule has 0 aliphatic carbocycles. The van der Waals surface area contributed by atoms with E-state index in [4.69, 9.17) is 10.5 Å². The van der Waals surface area contributed by atoms with E-state index in [2.05, 4.69) is 29.0 Å². The van der Waals surface area contributed by atoms with Crippen LogP contribution in [-0.2, 0) is 4.74 Å². The van der Waals surface area contributed by atoms with Crippen LogP contribution in [0.4, 0.5) is 0 Å². The fourth-order valence-electron chi connectivity index (χ4n) is 2.06. The Balaban J connectivity index is 0.000000956. The summed E-state index contributed by atoms with van der Waals surface area (Å²) in [6, 6.07) is 2.32. The van der Waals surface area contributed by atoms with Crippen LogP contribution in [0.15, 0.2) is 23.6 Å². The normalized spacial score (nSPS) is 26.0. The Morgan fingerprint density at radius 1 is 1.30 bits per heavy atom. The number of hydrogen-bond acceptors (Lipinski definition) is 6. The summed E-state index contributed by atoms with van der Waals surface area (Å²) in [4.78, 5) is 10.7. The molecule has 0 saturated carbocycles. The minimum absolute atomic E-state index is 0.0853. The van der Waals surface area contributed by atoms with Crippen LogP contribution in [0.25, 0.3) is 0 Å². The third-order valence-corrected chi connectivity index (χ3v) is 4.10. The van der Waals surface area contributed by atoms with E-state index in [9.17, 15) is 0 Å². The van der Waals surface area contributed by atoms with Crippen molar-refractivity contribution in [3.05, 3.63) is 18.5 Å². The molecule has 3 atom stereocenters. The summed E-state index contributed by atoms with van der Waals surface area (Å²) in [5.74, 6) is 0. The van der Waals surface area contributed by atoms with Crippen LogP contribution in [-0.4, -0.2) is 53.1 Å². The van der Waals surface area contributed by atoms with Gasteiger partial charge in [-0.05, 0) is 33.0 Å². The molecule has 1 aromatic heterocycles. The van der Waals surface area contributed by atoms with E-state index in [1.165, 1.54) is 0 Å². The summed E-state index contributed by atoms with van der Waals surface area (Å²) < 4.78 is 5.95. The highest BCUT2D eigenvalue weighted by Crippen LogP contribution is 2.31. The number of rotatable bonds is 4. The zero-order valence-corrected chi connectivity index (χ0v) is 13.6. The predicted molar refractivity (Wildman–Crippen MR) is 83.7 cm³/mol. The lowest BCUT2D eigenvalue weighted by Gasteiger charge is -2.37. The fraction of sp³-hybridized carbons (Fsp3) is 0.714. The molecule has 1 fully saturated rings. The van der Waals surface area contributed by atoms with Crippen molar-refractivity contribution in [3.63, 3.8) is 0 Å². The van der Waals surface area contributed by atoms with Gasteiger partial charge in [0.25, 0.3) is 0 Å². The number of hydrogen-bond donors (Lipinski definition) is 1. The molecule has 1 saturated heterocycles. The van der Waals surface area contributed by atoms with E-state index in [0.29, 0.717) is 12.6 Å². The third-order valence-electron chi connectivity index (χ3n) is 3.12. The largest absolute Gasteiger partial charge is 0.362 e. The van der Waals surface area contributed by atoms with E-state index >= 15 is 0 Å². The second kappa shape index (κ2) is 9.28. The Morgan fingerprint density at radius 2 is 1.95 bits per heavy atom. The minimum Gasteiger partial charge on any atom is -0.362 e. The van der Waals surface area contributed by atoms with E-state index in [1.54, 1.807) is 24.2 Å². The molecular weight excluding hydrogens is 272 g/mol. The lowest BCUT2D eigenvalue weighted by molar-refractivity contribution is -0.0298. The van der Waals surface area contributed by atoms with Crippen LogP contribution in [0.5, 0.6) is 0 Å². The molecular formula is C14H26N4OS. The fourth-order valence-corrected chi connectivity index (χ4v) is 3.07. The zero-order chi connectivity index (χ0) is 15.0. The maximum Gasteiger partial charge on any atom is 0.189 e. The van der Waals surface area contributed by atoms with Crippen molar-refractivity contribution in [2.24, 2.45) is 5.73 Å². The standard InChI is InChI=1S/C12H20N4OS.C2H6/c1-16(2)9-6-10(8-13)17-11(7-9)18-12-14-4-3-5-15-12;1-2/h3-5,9-11H,6-8,13H2,1-2H3;1-2H3. The summed E-state index contributed by atoms with van der Waals surface area (Å²) >= 11 is 1.58. The van der Waals surface area contributed by atoms with Crippen LogP contribution < -0.4 is 5.73 Å². The van der Waals surface area contributed by atoms with E-state index in [0.717, 1.165) is 18.0 Å². The molecule has 1 aliphatic heterocycles. The lowest BCUT2D eigenvalue weighted by Crippen LogP contribution is -2.44. The van der Waals surface area contributed by atoms with Crippen molar-refractivity contribution in [1.29, 1.82) is 0 Å². The van der Waals surface area contributed by atoms with Gasteiger partial charge in [-0.25, -0.2) is 9.97 Å². The van der Waals surface area contributed by atoms with Crippen LogP contribution >= 0.6 is 11.8 Å². The van der Waals surface area contributed by atoms with Gasteiger partial charge in [-0.1, -0.05) is 25.6 Å². The van der Waals surface area contributed by atoms with Crippen molar-refractivity contribution >= 4 is 11.8 Å². The predicted octanol–water partition coefficient (Wildman–Crippen LogP) is 1.99. The van der Waals surface area contributed by atoms with E-state index in [1.807, 2.05) is 19.9 Å². The number of nitrogens with two attached hydrogens (primary N) is 1. The van der Waals surface area contributed by atoms with Crippen molar-refractivity contribution in [2.75, 3.05) is 20.6 Å². The summed E-state index contributed by atoms with van der Waals surface area (Å²) in [5.41, 5.74) is 5.82. The Morgan fingerprint density at radius 3 is 2.50 bits per heavy atom. The van der Waals surface area contributed by atoms with Gasteiger partial charge in [0.2, 0.25) is 0 Å². The Kier molecular flexibility index (Phi) is 8.06. The van der Waals surface area contributed by atoms with E-state index < -0.39 is 0 Å². The summed E-state index contributed by atoms with van der Waals surface area (Å²) in [5, 5.41) is 0.762. The average molecular weight is 298 g/mol. The van der Waals surface area contributed by atoms with E-state index in [-0.39, 0.29) is 11.5 Å². The molecule has 0 aromatic carbocycles. The Labute approximate surface area is 126 Å². The highest BCUT2D eigenvalue weighted by atomic mass is 32.2. The molecule has 1 aliphatic rings. The topological polar surface area (TPSA) is 64.3 Å². The molecule has 0 spiro atoms. The van der Waals surface area contributed by atoms with Crippen LogP contribution in [0.2, 0.25) is 0 Å². The van der Waals surface area contributed by atoms with Crippen molar-refractivity contribution in [2.45, 2.75) is 49.4 Å². The number of ether oxygens (including phenoxy) is 1. The van der Waals surface area contributed by atoms with Gasteiger partial charge in [-0.3, -0.25) is 0 Å². The second-order valence-corrected chi connectivity index (χ2v) is 5.79. The number of thioether (sulfide) groups is 1. The van der Waals surface area contributed by atoms with Gasteiger partial charge in [0, 0.05) is 25.0 Å². The molecule has 3 unspecified atom stereocenters. The Bertz CT molecular complexity index is 363. The first-order valence-electron chi connectivity index (χ1n) is 7.14. The molecule has 2 N–H and O–H groups in total. The molecule has 0 amide bonds. The van der Waals surface area contributed by atoms with Crippen LogP contribution in [0, 0.1) is 0 Å². The average Bonchev–Trinajstić information content (AvgIpc) is 2.50. The van der Waals surface area contributed by atoms with Gasteiger partial charge < -0.3 is 15.4 Å². The Hall–Kier alpha value is -0.690. The minimum atomic E-state index is 0.0853. The number of aromatic nitrogens is 2. The zero-order valence-electron chi connectivity index (χ0n) is 12.8. The van der Waals surface area contributed by atoms with Crippen molar-refractivity contribution < 1.29 is 4.74 Å². The summed E-state index contributed by atoms with van der Waals surface area (Å²) in [6.45, 7) is 4.57. The first-order valence-corrected chi connectivity index (χ1v) is 8.02. The smallest absolute Gasteiger partial charge is 0.189 e.